The molecule has 0 bridgehead atoms. The Morgan fingerprint density at radius 1 is 1.00 bits per heavy atom. The maximum Gasteiger partial charge on any atom is 0.348 e. The summed E-state index contributed by atoms with van der Waals surface area (Å²) in [7, 11) is 1.42. The molecule has 0 heterocycles. The number of hydrogen-bond donors (Lipinski definition) is 0. The van der Waals surface area contributed by atoms with Crippen molar-refractivity contribution in [2.75, 3.05) is 20.3 Å². The van der Waals surface area contributed by atoms with Crippen LogP contribution < -0.4 is 14.2 Å². The molecular weight excluding hydrogens is 398 g/mol. The zero-order valence-electron chi connectivity index (χ0n) is 17.6. The van der Waals surface area contributed by atoms with Gasteiger partial charge in [0.25, 0.3) is 0 Å². The number of carbonyl (C=O) groups excluding carboxylic acids is 2. The molecule has 0 saturated heterocycles. The van der Waals surface area contributed by atoms with Gasteiger partial charge in [0.15, 0.2) is 11.5 Å². The van der Waals surface area contributed by atoms with E-state index < -0.39 is 11.9 Å². The van der Waals surface area contributed by atoms with E-state index in [1.165, 1.54) is 25.3 Å². The van der Waals surface area contributed by atoms with Crippen molar-refractivity contribution >= 4 is 24.1 Å². The van der Waals surface area contributed by atoms with E-state index in [0.717, 1.165) is 11.3 Å². The lowest BCUT2D eigenvalue weighted by Crippen LogP contribution is -2.06. The third kappa shape index (κ3) is 7.05. The average Bonchev–Trinajstić information content (AvgIpc) is 2.78. The summed E-state index contributed by atoms with van der Waals surface area (Å²) >= 11 is 0. The van der Waals surface area contributed by atoms with Gasteiger partial charge in [-0.05, 0) is 61.4 Å². The number of rotatable bonds is 9. The second kappa shape index (κ2) is 11.8. The van der Waals surface area contributed by atoms with E-state index in [4.69, 9.17) is 24.2 Å². The Kier molecular flexibility index (Phi) is 8.87. The Hall–Kier alpha value is -4.05. The first-order valence-electron chi connectivity index (χ1n) is 9.60. The van der Waals surface area contributed by atoms with Crippen molar-refractivity contribution in [1.29, 1.82) is 5.26 Å². The van der Waals surface area contributed by atoms with E-state index in [-0.39, 0.29) is 23.7 Å². The van der Waals surface area contributed by atoms with Crippen LogP contribution in [0.1, 0.15) is 25.0 Å². The van der Waals surface area contributed by atoms with Crippen LogP contribution >= 0.6 is 0 Å². The number of benzene rings is 2. The SMILES string of the molecule is CCOC(=O)C(C#N)=Cc1ccc(OC(=O)C=Cc2ccc(OCC)cc2)c(OC)c1. The molecule has 0 atom stereocenters. The number of hydrogen-bond acceptors (Lipinski definition) is 7. The highest BCUT2D eigenvalue weighted by atomic mass is 16.6. The standard InChI is InChI=1S/C24H23NO6/c1-4-29-20-10-6-17(7-11-20)9-13-23(26)31-21-12-8-18(15-22(21)28-3)14-19(16-25)24(27)30-5-2/h6-15H,4-5H2,1-3H3. The minimum Gasteiger partial charge on any atom is -0.494 e. The minimum absolute atomic E-state index is 0.146. The molecule has 0 amide bonds. The third-order valence-electron chi connectivity index (χ3n) is 3.93. The van der Waals surface area contributed by atoms with Gasteiger partial charge in [0.2, 0.25) is 0 Å². The first-order valence-corrected chi connectivity index (χ1v) is 9.60. The van der Waals surface area contributed by atoms with Crippen molar-refractivity contribution in [3.05, 3.63) is 65.2 Å². The van der Waals surface area contributed by atoms with Crippen LogP contribution in [0.3, 0.4) is 0 Å². The van der Waals surface area contributed by atoms with E-state index >= 15 is 0 Å². The Bertz CT molecular complexity index is 1020. The van der Waals surface area contributed by atoms with Gasteiger partial charge >= 0.3 is 11.9 Å². The van der Waals surface area contributed by atoms with Crippen molar-refractivity contribution in [2.45, 2.75) is 13.8 Å². The Balaban J connectivity index is 2.11. The normalized spacial score (nSPS) is 11.0. The summed E-state index contributed by atoms with van der Waals surface area (Å²) in [6.07, 6.45) is 4.30. The quantitative estimate of drug-likeness (QED) is 0.259. The Morgan fingerprint density at radius 2 is 1.71 bits per heavy atom. The maximum atomic E-state index is 12.2. The number of ether oxygens (including phenoxy) is 4. The second-order valence-electron chi connectivity index (χ2n) is 6.06. The van der Waals surface area contributed by atoms with E-state index in [0.29, 0.717) is 12.2 Å². The summed E-state index contributed by atoms with van der Waals surface area (Å²) in [6.45, 7) is 4.31. The topological polar surface area (TPSA) is 94.9 Å². The lowest BCUT2D eigenvalue weighted by molar-refractivity contribution is -0.138. The summed E-state index contributed by atoms with van der Waals surface area (Å²) < 4.78 is 20.8. The molecule has 7 nitrogen and oxygen atoms in total. The Labute approximate surface area is 181 Å². The van der Waals surface area contributed by atoms with Crippen molar-refractivity contribution in [2.24, 2.45) is 0 Å². The number of methoxy groups -OCH3 is 1. The average molecular weight is 421 g/mol. The molecule has 2 aromatic carbocycles. The van der Waals surface area contributed by atoms with Crippen LogP contribution in [0.2, 0.25) is 0 Å². The van der Waals surface area contributed by atoms with E-state index in [2.05, 4.69) is 0 Å². The van der Waals surface area contributed by atoms with E-state index in [1.54, 1.807) is 31.2 Å². The van der Waals surface area contributed by atoms with Crippen molar-refractivity contribution < 1.29 is 28.5 Å². The molecule has 0 unspecified atom stereocenters. The van der Waals surface area contributed by atoms with Crippen LogP contribution in [-0.4, -0.2) is 32.3 Å². The molecule has 0 aliphatic rings. The van der Waals surface area contributed by atoms with Gasteiger partial charge in [-0.3, -0.25) is 0 Å². The smallest absolute Gasteiger partial charge is 0.348 e. The molecule has 0 aliphatic heterocycles. The maximum absolute atomic E-state index is 12.2. The lowest BCUT2D eigenvalue weighted by atomic mass is 10.1. The summed E-state index contributed by atoms with van der Waals surface area (Å²) in [5, 5.41) is 9.15. The molecule has 160 valence electrons. The molecule has 7 heteroatoms. The number of nitrogens with zero attached hydrogens (tertiary/aromatic N) is 1. The predicted octanol–water partition coefficient (Wildman–Crippen LogP) is 4.18. The fourth-order valence-electron chi connectivity index (χ4n) is 2.52. The fourth-order valence-corrected chi connectivity index (χ4v) is 2.52. The van der Waals surface area contributed by atoms with Gasteiger partial charge in [-0.1, -0.05) is 18.2 Å². The van der Waals surface area contributed by atoms with Crippen LogP contribution in [0.4, 0.5) is 0 Å². The molecule has 0 aliphatic carbocycles. The highest BCUT2D eigenvalue weighted by Gasteiger charge is 2.12. The summed E-state index contributed by atoms with van der Waals surface area (Å²) in [6, 6.07) is 13.8. The minimum atomic E-state index is -0.709. The van der Waals surface area contributed by atoms with Gasteiger partial charge in [0, 0.05) is 6.08 Å². The third-order valence-corrected chi connectivity index (χ3v) is 3.93. The Morgan fingerprint density at radius 3 is 2.32 bits per heavy atom. The van der Waals surface area contributed by atoms with Crippen LogP contribution in [0.25, 0.3) is 12.2 Å². The zero-order valence-corrected chi connectivity index (χ0v) is 17.6. The predicted molar refractivity (Wildman–Crippen MR) is 115 cm³/mol. The molecule has 2 aromatic rings. The van der Waals surface area contributed by atoms with Crippen LogP contribution in [-0.2, 0) is 14.3 Å². The van der Waals surface area contributed by atoms with Gasteiger partial charge < -0.3 is 18.9 Å². The van der Waals surface area contributed by atoms with Gasteiger partial charge in [-0.15, -0.1) is 0 Å². The van der Waals surface area contributed by atoms with Crippen LogP contribution in [0, 0.1) is 11.3 Å². The molecule has 0 aromatic heterocycles. The van der Waals surface area contributed by atoms with Gasteiger partial charge in [0.1, 0.15) is 17.4 Å². The van der Waals surface area contributed by atoms with E-state index in [1.807, 2.05) is 31.2 Å². The molecule has 0 N–H and O–H groups in total. The van der Waals surface area contributed by atoms with Gasteiger partial charge in [0.05, 0.1) is 20.3 Å². The lowest BCUT2D eigenvalue weighted by Gasteiger charge is -2.09. The first-order chi connectivity index (χ1) is 15.0. The summed E-state index contributed by atoms with van der Waals surface area (Å²) in [5.41, 5.74) is 1.19. The zero-order chi connectivity index (χ0) is 22.6. The molecular formula is C24H23NO6. The van der Waals surface area contributed by atoms with Crippen molar-refractivity contribution in [3.8, 4) is 23.3 Å². The number of carbonyl (C=O) groups is 2. The monoisotopic (exact) mass is 421 g/mol. The summed E-state index contributed by atoms with van der Waals surface area (Å²) in [5.74, 6) is -0.0596. The molecule has 0 fully saturated rings. The van der Waals surface area contributed by atoms with E-state index in [9.17, 15) is 9.59 Å². The molecule has 0 radical (unpaired) electrons. The molecule has 31 heavy (non-hydrogen) atoms. The summed E-state index contributed by atoms with van der Waals surface area (Å²) in [4.78, 5) is 23.9. The molecule has 2 rings (SSSR count). The van der Waals surface area contributed by atoms with Crippen molar-refractivity contribution in [3.63, 3.8) is 0 Å². The second-order valence-corrected chi connectivity index (χ2v) is 6.06. The highest BCUT2D eigenvalue weighted by Crippen LogP contribution is 2.29. The number of esters is 2. The van der Waals surface area contributed by atoms with Crippen LogP contribution in [0.5, 0.6) is 17.2 Å². The molecule has 0 spiro atoms. The van der Waals surface area contributed by atoms with Crippen molar-refractivity contribution in [1.82, 2.24) is 0 Å². The highest BCUT2D eigenvalue weighted by molar-refractivity contribution is 5.98. The fraction of sp³-hybridized carbons (Fsp3) is 0.208. The molecule has 0 saturated carbocycles. The number of nitriles is 1. The van der Waals surface area contributed by atoms with Crippen LogP contribution in [0.15, 0.2) is 54.1 Å². The first kappa shape index (κ1) is 23.2. The largest absolute Gasteiger partial charge is 0.494 e. The van der Waals surface area contributed by atoms with Gasteiger partial charge in [-0.2, -0.15) is 5.26 Å². The van der Waals surface area contributed by atoms with Gasteiger partial charge in [-0.25, -0.2) is 9.59 Å².